The molecule has 3 N–H and O–H groups in total. The number of carbonyl (C=O) groups excluding carboxylic acids is 1. The number of piperidine rings is 1. The highest BCUT2D eigenvalue weighted by Gasteiger charge is 2.52. The van der Waals surface area contributed by atoms with Gasteiger partial charge >= 0.3 is 0 Å². The number of rotatable bonds is 6. The summed E-state index contributed by atoms with van der Waals surface area (Å²) in [6.07, 6.45) is 4.31. The molecule has 0 radical (unpaired) electrons. The van der Waals surface area contributed by atoms with E-state index in [4.69, 9.17) is 0 Å². The van der Waals surface area contributed by atoms with Crippen LogP contribution in [0, 0.1) is 11.6 Å². The van der Waals surface area contributed by atoms with E-state index in [0.29, 0.717) is 30.3 Å². The van der Waals surface area contributed by atoms with Gasteiger partial charge < -0.3 is 15.5 Å². The molecule has 1 amide bonds. The van der Waals surface area contributed by atoms with Gasteiger partial charge in [-0.15, -0.1) is 0 Å². The van der Waals surface area contributed by atoms with Crippen molar-refractivity contribution in [3.05, 3.63) is 47.5 Å². The van der Waals surface area contributed by atoms with Crippen molar-refractivity contribution in [3.8, 4) is 0 Å². The second-order valence-corrected chi connectivity index (χ2v) is 11.0. The van der Waals surface area contributed by atoms with Crippen molar-refractivity contribution < 1.29 is 22.0 Å². The van der Waals surface area contributed by atoms with E-state index in [9.17, 15) is 22.0 Å². The number of likely N-dealkylation sites (tertiary alicyclic amines) is 1. The zero-order valence-electron chi connectivity index (χ0n) is 19.0. The Bertz CT molecular complexity index is 1250. The van der Waals surface area contributed by atoms with Crippen molar-refractivity contribution >= 4 is 33.0 Å². The highest BCUT2D eigenvalue weighted by molar-refractivity contribution is 7.92. The largest absolute Gasteiger partial charge is 0.379 e. The molecule has 182 valence electrons. The Morgan fingerprint density at radius 3 is 2.65 bits per heavy atom. The SMILES string of the molecule is CCN1CCCC(Nc2cc(NS(=O)(=O)c3ccc(F)cc3F)cc3c2NC(=O)C32CCC2)C1. The van der Waals surface area contributed by atoms with Gasteiger partial charge in [-0.05, 0) is 68.6 Å². The normalized spacial score (nSPS) is 21.6. The van der Waals surface area contributed by atoms with Crippen molar-refractivity contribution in [2.24, 2.45) is 0 Å². The maximum absolute atomic E-state index is 14.2. The molecule has 2 aromatic carbocycles. The van der Waals surface area contributed by atoms with Gasteiger partial charge in [-0.2, -0.15) is 0 Å². The van der Waals surface area contributed by atoms with E-state index in [1.807, 2.05) is 0 Å². The molecular weight excluding hydrogens is 462 g/mol. The van der Waals surface area contributed by atoms with Gasteiger partial charge in [0.25, 0.3) is 10.0 Å². The van der Waals surface area contributed by atoms with Crippen molar-refractivity contribution in [3.63, 3.8) is 0 Å². The predicted octanol–water partition coefficient (Wildman–Crippen LogP) is 4.04. The summed E-state index contributed by atoms with van der Waals surface area (Å²) < 4.78 is 55.9. The molecular formula is C24H28F2N4O3S. The van der Waals surface area contributed by atoms with Crippen LogP contribution in [0.3, 0.4) is 0 Å². The molecule has 3 aliphatic rings. The van der Waals surface area contributed by atoms with Crippen LogP contribution >= 0.6 is 0 Å². The molecule has 5 rings (SSSR count). The summed E-state index contributed by atoms with van der Waals surface area (Å²) in [6, 6.07) is 5.80. The highest BCUT2D eigenvalue weighted by Crippen LogP contribution is 2.54. The lowest BCUT2D eigenvalue weighted by atomic mass is 9.65. The van der Waals surface area contributed by atoms with Crippen molar-refractivity contribution in [2.75, 3.05) is 35.0 Å². The third kappa shape index (κ3) is 3.92. The number of nitrogens with zero attached hydrogens (tertiary/aromatic N) is 1. The standard InChI is InChI=1S/C24H28F2N4O3S/c1-2-30-10-3-5-16(14-30)27-20-13-17(12-18-22(20)28-23(31)24(18)8-4-9-24)29-34(32,33)21-7-6-15(25)11-19(21)26/h6-7,11-13,16,27,29H,2-5,8-10,14H2,1H3,(H,28,31). The first-order valence-electron chi connectivity index (χ1n) is 11.7. The number of carbonyl (C=O) groups is 1. The third-order valence-corrected chi connectivity index (χ3v) is 8.70. The Balaban J connectivity index is 1.52. The van der Waals surface area contributed by atoms with Crippen LogP contribution < -0.4 is 15.4 Å². The predicted molar refractivity (Wildman–Crippen MR) is 127 cm³/mol. The van der Waals surface area contributed by atoms with Gasteiger partial charge in [0.2, 0.25) is 5.91 Å². The number of anilines is 3. The van der Waals surface area contributed by atoms with Gasteiger partial charge in [0.15, 0.2) is 0 Å². The minimum atomic E-state index is -4.31. The number of amides is 1. The molecule has 1 aliphatic carbocycles. The van der Waals surface area contributed by atoms with Gasteiger partial charge in [-0.25, -0.2) is 17.2 Å². The van der Waals surface area contributed by atoms with Gasteiger partial charge in [0.05, 0.1) is 22.5 Å². The number of halogens is 2. The van der Waals surface area contributed by atoms with Crippen LogP contribution in [0.5, 0.6) is 0 Å². The average Bonchev–Trinajstić information content (AvgIpc) is 3.05. The van der Waals surface area contributed by atoms with E-state index in [0.717, 1.165) is 56.6 Å². The molecule has 1 atom stereocenters. The molecule has 10 heteroatoms. The summed E-state index contributed by atoms with van der Waals surface area (Å²) in [7, 11) is -4.31. The molecule has 2 heterocycles. The Hall–Kier alpha value is -2.72. The fourth-order valence-corrected chi connectivity index (χ4v) is 6.39. The van der Waals surface area contributed by atoms with Crippen LogP contribution in [-0.4, -0.2) is 44.9 Å². The van der Waals surface area contributed by atoms with Gasteiger partial charge in [-0.3, -0.25) is 9.52 Å². The second-order valence-electron chi connectivity index (χ2n) is 9.39. The van der Waals surface area contributed by atoms with E-state index in [1.54, 1.807) is 12.1 Å². The third-order valence-electron chi connectivity index (χ3n) is 7.28. The molecule has 2 aliphatic heterocycles. The summed E-state index contributed by atoms with van der Waals surface area (Å²) in [5.74, 6) is -2.09. The summed E-state index contributed by atoms with van der Waals surface area (Å²) in [5.41, 5.74) is 1.67. The zero-order valence-corrected chi connectivity index (χ0v) is 19.8. The van der Waals surface area contributed by atoms with E-state index < -0.39 is 32.0 Å². The van der Waals surface area contributed by atoms with Gasteiger partial charge in [0, 0.05) is 18.7 Å². The van der Waals surface area contributed by atoms with Crippen molar-refractivity contribution in [1.82, 2.24) is 4.90 Å². The Morgan fingerprint density at radius 2 is 1.97 bits per heavy atom. The lowest BCUT2D eigenvalue weighted by Gasteiger charge is -2.36. The van der Waals surface area contributed by atoms with Crippen LogP contribution in [0.25, 0.3) is 0 Å². The minimum absolute atomic E-state index is 0.0692. The number of hydrogen-bond donors (Lipinski definition) is 3. The smallest absolute Gasteiger partial charge is 0.264 e. The van der Waals surface area contributed by atoms with Gasteiger partial charge in [-0.1, -0.05) is 13.3 Å². The Kier molecular flexibility index (Phi) is 5.76. The molecule has 1 spiro atoms. The second kappa shape index (κ2) is 8.49. The van der Waals surface area contributed by atoms with Crippen LogP contribution in [0.15, 0.2) is 35.2 Å². The highest BCUT2D eigenvalue weighted by atomic mass is 32.2. The fraction of sp³-hybridized carbons (Fsp3) is 0.458. The van der Waals surface area contributed by atoms with E-state index in [2.05, 4.69) is 27.2 Å². The van der Waals surface area contributed by atoms with Crippen molar-refractivity contribution in [2.45, 2.75) is 55.4 Å². The first-order chi connectivity index (χ1) is 16.2. The Labute approximate surface area is 198 Å². The number of sulfonamides is 1. The van der Waals surface area contributed by atoms with Gasteiger partial charge in [0.1, 0.15) is 16.5 Å². The van der Waals surface area contributed by atoms with E-state index in [1.165, 1.54) is 0 Å². The lowest BCUT2D eigenvalue weighted by molar-refractivity contribution is -0.123. The molecule has 1 saturated carbocycles. The molecule has 7 nitrogen and oxygen atoms in total. The first-order valence-corrected chi connectivity index (χ1v) is 13.2. The molecule has 2 aromatic rings. The molecule has 34 heavy (non-hydrogen) atoms. The fourth-order valence-electron chi connectivity index (χ4n) is 5.29. The summed E-state index contributed by atoms with van der Waals surface area (Å²) in [5, 5.41) is 6.54. The zero-order chi connectivity index (χ0) is 24.1. The average molecular weight is 491 g/mol. The van der Waals surface area contributed by atoms with E-state index in [-0.39, 0.29) is 17.6 Å². The number of benzene rings is 2. The lowest BCUT2D eigenvalue weighted by Crippen LogP contribution is -2.41. The molecule has 1 saturated heterocycles. The molecule has 0 aromatic heterocycles. The molecule has 1 unspecified atom stereocenters. The quantitative estimate of drug-likeness (QED) is 0.569. The molecule has 2 fully saturated rings. The first kappa shape index (κ1) is 23.0. The van der Waals surface area contributed by atoms with Crippen LogP contribution in [0.1, 0.15) is 44.6 Å². The number of likely N-dealkylation sites (N-methyl/N-ethyl adjacent to an activating group) is 1. The maximum atomic E-state index is 14.2. The Morgan fingerprint density at radius 1 is 1.18 bits per heavy atom. The number of nitrogens with one attached hydrogen (secondary N) is 3. The van der Waals surface area contributed by atoms with Crippen LogP contribution in [0.4, 0.5) is 25.8 Å². The van der Waals surface area contributed by atoms with Crippen LogP contribution in [-0.2, 0) is 20.2 Å². The minimum Gasteiger partial charge on any atom is -0.379 e. The van der Waals surface area contributed by atoms with Crippen molar-refractivity contribution in [1.29, 1.82) is 0 Å². The van der Waals surface area contributed by atoms with Crippen LogP contribution in [0.2, 0.25) is 0 Å². The number of hydrogen-bond acceptors (Lipinski definition) is 5. The molecule has 0 bridgehead atoms. The monoisotopic (exact) mass is 490 g/mol. The number of fused-ring (bicyclic) bond motifs is 2. The maximum Gasteiger partial charge on any atom is 0.264 e. The topological polar surface area (TPSA) is 90.5 Å². The summed E-state index contributed by atoms with van der Waals surface area (Å²) in [4.78, 5) is 14.6. The summed E-state index contributed by atoms with van der Waals surface area (Å²) in [6.45, 7) is 4.95. The summed E-state index contributed by atoms with van der Waals surface area (Å²) >= 11 is 0. The van der Waals surface area contributed by atoms with E-state index >= 15 is 0 Å².